The van der Waals surface area contributed by atoms with Crippen molar-refractivity contribution in [3.8, 4) is 11.5 Å². The van der Waals surface area contributed by atoms with Gasteiger partial charge < -0.3 is 29.2 Å². The highest BCUT2D eigenvalue weighted by Gasteiger charge is 2.22. The predicted molar refractivity (Wildman–Crippen MR) is 115 cm³/mol. The Hall–Kier alpha value is -2.69. The number of nitrogens with zero attached hydrogens (tertiary/aromatic N) is 2. The molecular formula is C21H27N3O6S. The SMILES string of the molecule is COCCCNC(=O)c1csc(CN(CCCOC)C(=O)c2ccc3c(c2)OCO3)n1. The number of rotatable bonds is 12. The number of fused-ring (bicyclic) bond motifs is 1. The number of hydrogen-bond donors (Lipinski definition) is 1. The number of amides is 2. The summed E-state index contributed by atoms with van der Waals surface area (Å²) in [7, 11) is 3.25. The van der Waals surface area contributed by atoms with E-state index < -0.39 is 0 Å². The Kier molecular flexibility index (Phi) is 8.63. The molecule has 1 aromatic heterocycles. The fraction of sp³-hybridized carbons (Fsp3) is 0.476. The van der Waals surface area contributed by atoms with Crippen LogP contribution in [0.2, 0.25) is 0 Å². The molecular weight excluding hydrogens is 422 g/mol. The fourth-order valence-corrected chi connectivity index (χ4v) is 3.81. The van der Waals surface area contributed by atoms with Crippen LogP contribution in [0.5, 0.6) is 11.5 Å². The minimum Gasteiger partial charge on any atom is -0.454 e. The van der Waals surface area contributed by atoms with Crippen LogP contribution in [0, 0.1) is 0 Å². The van der Waals surface area contributed by atoms with Gasteiger partial charge in [-0.15, -0.1) is 11.3 Å². The molecule has 1 aromatic carbocycles. The van der Waals surface area contributed by atoms with Crippen molar-refractivity contribution in [3.63, 3.8) is 0 Å². The first-order valence-electron chi connectivity index (χ1n) is 10.0. The molecule has 1 aliphatic rings. The number of carbonyl (C=O) groups is 2. The zero-order valence-electron chi connectivity index (χ0n) is 17.7. The number of ether oxygens (including phenoxy) is 4. The molecule has 2 amide bonds. The van der Waals surface area contributed by atoms with Gasteiger partial charge in [-0.1, -0.05) is 0 Å². The molecule has 2 aromatic rings. The van der Waals surface area contributed by atoms with E-state index in [1.165, 1.54) is 11.3 Å². The molecule has 0 atom stereocenters. The topological polar surface area (TPSA) is 99.2 Å². The average molecular weight is 450 g/mol. The highest BCUT2D eigenvalue weighted by atomic mass is 32.1. The van der Waals surface area contributed by atoms with Crippen LogP contribution in [-0.4, -0.2) is 69.0 Å². The molecule has 168 valence electrons. The van der Waals surface area contributed by atoms with Crippen LogP contribution in [-0.2, 0) is 16.0 Å². The molecule has 9 nitrogen and oxygen atoms in total. The molecule has 31 heavy (non-hydrogen) atoms. The van der Waals surface area contributed by atoms with Crippen molar-refractivity contribution >= 4 is 23.2 Å². The van der Waals surface area contributed by atoms with Gasteiger partial charge in [-0.3, -0.25) is 9.59 Å². The first-order chi connectivity index (χ1) is 15.1. The smallest absolute Gasteiger partial charge is 0.270 e. The largest absolute Gasteiger partial charge is 0.454 e. The highest BCUT2D eigenvalue weighted by Crippen LogP contribution is 2.33. The third kappa shape index (κ3) is 6.39. The maximum absolute atomic E-state index is 13.2. The van der Waals surface area contributed by atoms with Crippen molar-refractivity contribution in [3.05, 3.63) is 39.8 Å². The minimum absolute atomic E-state index is 0.143. The van der Waals surface area contributed by atoms with Crippen molar-refractivity contribution in [1.82, 2.24) is 15.2 Å². The van der Waals surface area contributed by atoms with E-state index in [-0.39, 0.29) is 18.6 Å². The molecule has 0 fully saturated rings. The number of carbonyl (C=O) groups excluding carboxylic acids is 2. The van der Waals surface area contributed by atoms with Crippen molar-refractivity contribution < 1.29 is 28.5 Å². The molecule has 0 unspecified atom stereocenters. The van der Waals surface area contributed by atoms with Gasteiger partial charge in [-0.05, 0) is 31.0 Å². The molecule has 0 saturated carbocycles. The van der Waals surface area contributed by atoms with Crippen LogP contribution in [0.3, 0.4) is 0 Å². The lowest BCUT2D eigenvalue weighted by atomic mass is 10.1. The summed E-state index contributed by atoms with van der Waals surface area (Å²) in [5.41, 5.74) is 0.860. The molecule has 1 N–H and O–H groups in total. The third-order valence-corrected chi connectivity index (χ3v) is 5.44. The van der Waals surface area contributed by atoms with Crippen LogP contribution in [0.15, 0.2) is 23.6 Å². The van der Waals surface area contributed by atoms with Gasteiger partial charge in [-0.2, -0.15) is 0 Å². The molecule has 0 radical (unpaired) electrons. The Balaban J connectivity index is 1.66. The lowest BCUT2D eigenvalue weighted by molar-refractivity contribution is 0.0723. The fourth-order valence-electron chi connectivity index (χ4n) is 3.02. The Morgan fingerprint density at radius 3 is 2.74 bits per heavy atom. The van der Waals surface area contributed by atoms with Crippen LogP contribution < -0.4 is 14.8 Å². The molecule has 10 heteroatoms. The van der Waals surface area contributed by atoms with Gasteiger partial charge in [0, 0.05) is 51.5 Å². The molecule has 0 aliphatic carbocycles. The standard InChI is InChI=1S/C21H27N3O6S/c1-27-9-3-7-22-20(25)16-13-31-19(23-16)12-24(8-4-10-28-2)21(26)15-5-6-17-18(11-15)30-14-29-17/h5-6,11,13H,3-4,7-10,12,14H2,1-2H3,(H,22,25). The van der Waals surface area contributed by atoms with Crippen molar-refractivity contribution in [2.75, 3.05) is 47.3 Å². The quantitative estimate of drug-likeness (QED) is 0.497. The average Bonchev–Trinajstić information content (AvgIpc) is 3.44. The maximum atomic E-state index is 13.2. The number of nitrogens with one attached hydrogen (secondary N) is 1. The second-order valence-corrected chi connectivity index (χ2v) is 7.81. The Bertz CT molecular complexity index is 888. The number of thiazole rings is 1. The van der Waals surface area contributed by atoms with E-state index in [1.807, 2.05) is 0 Å². The summed E-state index contributed by atoms with van der Waals surface area (Å²) in [5, 5.41) is 5.21. The summed E-state index contributed by atoms with van der Waals surface area (Å²) >= 11 is 1.36. The summed E-state index contributed by atoms with van der Waals surface area (Å²) < 4.78 is 20.8. The lowest BCUT2D eigenvalue weighted by Gasteiger charge is -2.22. The van der Waals surface area contributed by atoms with E-state index in [0.29, 0.717) is 67.0 Å². The summed E-state index contributed by atoms with van der Waals surface area (Å²) in [6.07, 6.45) is 1.42. The van der Waals surface area contributed by atoms with Crippen molar-refractivity contribution in [1.29, 1.82) is 0 Å². The van der Waals surface area contributed by atoms with Crippen LogP contribution in [0.4, 0.5) is 0 Å². The van der Waals surface area contributed by atoms with Crippen molar-refractivity contribution in [2.45, 2.75) is 19.4 Å². The zero-order chi connectivity index (χ0) is 22.1. The molecule has 1 aliphatic heterocycles. The maximum Gasteiger partial charge on any atom is 0.270 e. The number of benzene rings is 1. The summed E-state index contributed by atoms with van der Waals surface area (Å²) in [6.45, 7) is 2.60. The molecule has 2 heterocycles. The van der Waals surface area contributed by atoms with E-state index in [1.54, 1.807) is 42.7 Å². The van der Waals surface area contributed by atoms with Gasteiger partial charge >= 0.3 is 0 Å². The van der Waals surface area contributed by atoms with E-state index in [0.717, 1.165) is 6.42 Å². The van der Waals surface area contributed by atoms with Crippen molar-refractivity contribution in [2.24, 2.45) is 0 Å². The summed E-state index contributed by atoms with van der Waals surface area (Å²) in [5.74, 6) is 0.815. The highest BCUT2D eigenvalue weighted by molar-refractivity contribution is 7.09. The van der Waals surface area contributed by atoms with E-state index in [2.05, 4.69) is 10.3 Å². The number of methoxy groups -OCH3 is 2. The minimum atomic E-state index is -0.230. The molecule has 3 rings (SSSR count). The van der Waals surface area contributed by atoms with Gasteiger partial charge in [0.2, 0.25) is 6.79 Å². The van der Waals surface area contributed by atoms with E-state index in [4.69, 9.17) is 18.9 Å². The Morgan fingerprint density at radius 1 is 1.16 bits per heavy atom. The Morgan fingerprint density at radius 2 is 1.94 bits per heavy atom. The van der Waals surface area contributed by atoms with E-state index in [9.17, 15) is 9.59 Å². The number of hydrogen-bond acceptors (Lipinski definition) is 8. The summed E-state index contributed by atoms with van der Waals surface area (Å²) in [4.78, 5) is 31.5. The third-order valence-electron chi connectivity index (χ3n) is 4.60. The van der Waals surface area contributed by atoms with Crippen LogP contribution in [0.25, 0.3) is 0 Å². The second kappa shape index (κ2) is 11.6. The monoisotopic (exact) mass is 449 g/mol. The molecule has 0 spiro atoms. The van der Waals surface area contributed by atoms with Gasteiger partial charge in [-0.25, -0.2) is 4.98 Å². The summed E-state index contributed by atoms with van der Waals surface area (Å²) in [6, 6.07) is 5.15. The first-order valence-corrected chi connectivity index (χ1v) is 10.9. The first kappa shape index (κ1) is 23.0. The van der Waals surface area contributed by atoms with Gasteiger partial charge in [0.05, 0.1) is 6.54 Å². The predicted octanol–water partition coefficient (Wildman–Crippen LogP) is 2.32. The van der Waals surface area contributed by atoms with Gasteiger partial charge in [0.25, 0.3) is 11.8 Å². The molecule has 0 bridgehead atoms. The molecule has 0 saturated heterocycles. The Labute approximate surface area is 185 Å². The van der Waals surface area contributed by atoms with Gasteiger partial charge in [0.15, 0.2) is 11.5 Å². The normalized spacial score (nSPS) is 12.1. The van der Waals surface area contributed by atoms with E-state index >= 15 is 0 Å². The lowest BCUT2D eigenvalue weighted by Crippen LogP contribution is -2.32. The number of aromatic nitrogens is 1. The van der Waals surface area contributed by atoms with Gasteiger partial charge in [0.1, 0.15) is 10.7 Å². The zero-order valence-corrected chi connectivity index (χ0v) is 18.5. The second-order valence-electron chi connectivity index (χ2n) is 6.87. The van der Waals surface area contributed by atoms with Crippen LogP contribution in [0.1, 0.15) is 38.7 Å². The van der Waals surface area contributed by atoms with Crippen LogP contribution >= 0.6 is 11.3 Å².